The number of nitro benzene ring substituents is 2. The van der Waals surface area contributed by atoms with Crippen LogP contribution in [0, 0.1) is 20.2 Å². The Hall–Kier alpha value is -4.02. The molecular weight excluding hydrogens is 336 g/mol. The number of hydrazone groups is 1. The van der Waals surface area contributed by atoms with Crippen molar-refractivity contribution in [1.29, 1.82) is 0 Å². The number of amides is 1. The van der Waals surface area contributed by atoms with E-state index >= 15 is 0 Å². The first-order valence-corrected chi connectivity index (χ1v) is 6.57. The molecule has 0 aromatic heterocycles. The summed E-state index contributed by atoms with van der Waals surface area (Å²) in [6, 6.07) is 6.15. The molecule has 0 aliphatic rings. The maximum absolute atomic E-state index is 12.0. The highest BCUT2D eigenvalue weighted by Gasteiger charge is 2.19. The highest BCUT2D eigenvalue weighted by atomic mass is 16.6. The summed E-state index contributed by atoms with van der Waals surface area (Å²) < 4.78 is 0. The van der Waals surface area contributed by atoms with Gasteiger partial charge in [-0.05, 0) is 12.1 Å². The Morgan fingerprint density at radius 1 is 1.04 bits per heavy atom. The van der Waals surface area contributed by atoms with Gasteiger partial charge in [-0.25, -0.2) is 5.43 Å². The summed E-state index contributed by atoms with van der Waals surface area (Å²) in [5.74, 6) is -1.37. The Morgan fingerprint density at radius 2 is 1.64 bits per heavy atom. The number of benzene rings is 2. The molecule has 11 heteroatoms. The quantitative estimate of drug-likeness (QED) is 0.420. The van der Waals surface area contributed by atoms with Crippen LogP contribution in [0.25, 0.3) is 0 Å². The number of carbonyl (C=O) groups excluding carboxylic acids is 1. The zero-order chi connectivity index (χ0) is 18.6. The van der Waals surface area contributed by atoms with E-state index in [1.165, 1.54) is 12.1 Å². The van der Waals surface area contributed by atoms with Crippen LogP contribution in [0.3, 0.4) is 0 Å². The van der Waals surface area contributed by atoms with Crippen LogP contribution in [0.4, 0.5) is 11.4 Å². The highest BCUT2D eigenvalue weighted by molar-refractivity contribution is 5.96. The fraction of sp³-hybridized carbons (Fsp3) is 0. The molecule has 2 aromatic carbocycles. The van der Waals surface area contributed by atoms with Crippen LogP contribution in [0.2, 0.25) is 0 Å². The lowest BCUT2D eigenvalue weighted by molar-refractivity contribution is -0.394. The van der Waals surface area contributed by atoms with Crippen LogP contribution in [0.15, 0.2) is 41.5 Å². The molecule has 0 fully saturated rings. The third-order valence-electron chi connectivity index (χ3n) is 2.97. The van der Waals surface area contributed by atoms with Gasteiger partial charge in [0.05, 0.1) is 27.7 Å². The van der Waals surface area contributed by atoms with Crippen LogP contribution in [0.1, 0.15) is 15.9 Å². The Labute approximate surface area is 139 Å². The summed E-state index contributed by atoms with van der Waals surface area (Å²) in [6.07, 6.45) is 1.07. The average molecular weight is 346 g/mol. The second kappa shape index (κ2) is 7.04. The van der Waals surface area contributed by atoms with Crippen LogP contribution in [0.5, 0.6) is 11.5 Å². The van der Waals surface area contributed by atoms with E-state index in [9.17, 15) is 30.1 Å². The summed E-state index contributed by atoms with van der Waals surface area (Å²) in [7, 11) is 0. The van der Waals surface area contributed by atoms with Crippen molar-refractivity contribution < 1.29 is 24.9 Å². The molecule has 0 unspecified atom stereocenters. The first-order valence-electron chi connectivity index (χ1n) is 6.57. The number of nitrogens with one attached hydrogen (secondary N) is 1. The van der Waals surface area contributed by atoms with Crippen molar-refractivity contribution in [1.82, 2.24) is 5.43 Å². The van der Waals surface area contributed by atoms with Crippen molar-refractivity contribution >= 4 is 23.5 Å². The van der Waals surface area contributed by atoms with Gasteiger partial charge in [-0.1, -0.05) is 0 Å². The van der Waals surface area contributed by atoms with Crippen molar-refractivity contribution in [2.45, 2.75) is 0 Å². The second-order valence-electron chi connectivity index (χ2n) is 4.69. The fourth-order valence-corrected chi connectivity index (χ4v) is 1.80. The molecule has 25 heavy (non-hydrogen) atoms. The topological polar surface area (TPSA) is 168 Å². The van der Waals surface area contributed by atoms with Gasteiger partial charge in [0.1, 0.15) is 11.5 Å². The van der Waals surface area contributed by atoms with Crippen molar-refractivity contribution in [3.8, 4) is 11.5 Å². The average Bonchev–Trinajstić information content (AvgIpc) is 2.56. The van der Waals surface area contributed by atoms with E-state index in [4.69, 9.17) is 5.11 Å². The van der Waals surface area contributed by atoms with Gasteiger partial charge >= 0.3 is 0 Å². The number of phenols is 2. The Morgan fingerprint density at radius 3 is 2.16 bits per heavy atom. The number of nitro groups is 2. The molecule has 0 atom stereocenters. The molecule has 0 saturated heterocycles. The third-order valence-corrected chi connectivity index (χ3v) is 2.97. The maximum Gasteiger partial charge on any atom is 0.277 e. The van der Waals surface area contributed by atoms with E-state index in [-0.39, 0.29) is 22.6 Å². The summed E-state index contributed by atoms with van der Waals surface area (Å²) in [5.41, 5.74) is 0.668. The molecular formula is C14H10N4O7. The predicted molar refractivity (Wildman–Crippen MR) is 84.6 cm³/mol. The van der Waals surface area contributed by atoms with Crippen molar-refractivity contribution in [3.05, 3.63) is 67.8 Å². The van der Waals surface area contributed by atoms with Gasteiger partial charge in [0.15, 0.2) is 0 Å². The lowest BCUT2D eigenvalue weighted by atomic mass is 10.1. The minimum Gasteiger partial charge on any atom is -0.508 e. The molecule has 0 radical (unpaired) electrons. The van der Waals surface area contributed by atoms with Gasteiger partial charge in [0, 0.05) is 23.8 Å². The van der Waals surface area contributed by atoms with Crippen molar-refractivity contribution in [2.24, 2.45) is 5.10 Å². The highest BCUT2D eigenvalue weighted by Crippen LogP contribution is 2.23. The summed E-state index contributed by atoms with van der Waals surface area (Å²) in [6.45, 7) is 0. The van der Waals surface area contributed by atoms with Gasteiger partial charge in [0.25, 0.3) is 17.3 Å². The molecule has 128 valence electrons. The van der Waals surface area contributed by atoms with Crippen LogP contribution in [-0.2, 0) is 0 Å². The molecule has 0 saturated carbocycles. The zero-order valence-electron chi connectivity index (χ0n) is 12.3. The zero-order valence-corrected chi connectivity index (χ0v) is 12.3. The summed E-state index contributed by atoms with van der Waals surface area (Å²) >= 11 is 0. The standard InChI is InChI=1S/C14H10N4O7/c19-12-2-1-8(13(20)6-12)7-15-16-14(21)9-3-10(17(22)23)5-11(4-9)18(24)25/h1-7,19-20H,(H,16,21). The van der Waals surface area contributed by atoms with Gasteiger partial charge in [0.2, 0.25) is 0 Å². The number of carbonyl (C=O) groups is 1. The number of rotatable bonds is 5. The largest absolute Gasteiger partial charge is 0.508 e. The SMILES string of the molecule is O=C(NN=Cc1ccc(O)cc1O)c1cc([N+](=O)[O-])cc([N+](=O)[O-])c1. The number of hydrogen-bond donors (Lipinski definition) is 3. The van der Waals surface area contributed by atoms with Gasteiger partial charge in [-0.15, -0.1) is 0 Å². The fourth-order valence-electron chi connectivity index (χ4n) is 1.80. The number of non-ortho nitro benzene ring substituents is 2. The number of phenolic OH excluding ortho intramolecular Hbond substituents is 2. The van der Waals surface area contributed by atoms with Gasteiger partial charge in [-0.2, -0.15) is 5.10 Å². The van der Waals surface area contributed by atoms with E-state index < -0.39 is 27.1 Å². The smallest absolute Gasteiger partial charge is 0.277 e. The van der Waals surface area contributed by atoms with Crippen molar-refractivity contribution in [3.63, 3.8) is 0 Å². The number of hydrogen-bond acceptors (Lipinski definition) is 8. The molecule has 11 nitrogen and oxygen atoms in total. The van der Waals surface area contributed by atoms with Crippen molar-refractivity contribution in [2.75, 3.05) is 0 Å². The molecule has 0 spiro atoms. The molecule has 0 aliphatic carbocycles. The predicted octanol–water partition coefficient (Wildman–Crippen LogP) is 1.68. The van der Waals surface area contributed by atoms with E-state index in [1.807, 2.05) is 5.43 Å². The Bertz CT molecular complexity index is 862. The first kappa shape index (κ1) is 17.3. The van der Waals surface area contributed by atoms with Gasteiger partial charge in [-0.3, -0.25) is 25.0 Å². The van der Waals surface area contributed by atoms with E-state index in [0.29, 0.717) is 0 Å². The van der Waals surface area contributed by atoms with Gasteiger partial charge < -0.3 is 10.2 Å². The molecule has 2 aromatic rings. The molecule has 2 rings (SSSR count). The Kier molecular flexibility index (Phi) is 4.88. The minimum absolute atomic E-state index is 0.164. The summed E-state index contributed by atoms with van der Waals surface area (Å²) in [4.78, 5) is 31.8. The van der Waals surface area contributed by atoms with E-state index in [0.717, 1.165) is 30.5 Å². The first-order chi connectivity index (χ1) is 11.8. The monoisotopic (exact) mass is 346 g/mol. The second-order valence-corrected chi connectivity index (χ2v) is 4.69. The maximum atomic E-state index is 12.0. The summed E-state index contributed by atoms with van der Waals surface area (Å²) in [5, 5.41) is 43.8. The number of nitrogens with zero attached hydrogens (tertiary/aromatic N) is 3. The Balaban J connectivity index is 2.21. The van der Waals surface area contributed by atoms with E-state index in [2.05, 4.69) is 5.10 Å². The lowest BCUT2D eigenvalue weighted by Crippen LogP contribution is -2.18. The molecule has 1 amide bonds. The van der Waals surface area contributed by atoms with Crippen LogP contribution in [-0.4, -0.2) is 32.2 Å². The number of aromatic hydroxyl groups is 2. The molecule has 0 heterocycles. The van der Waals surface area contributed by atoms with E-state index in [1.54, 1.807) is 0 Å². The minimum atomic E-state index is -0.915. The van der Waals surface area contributed by atoms with Crippen LogP contribution < -0.4 is 5.43 Å². The molecule has 0 bridgehead atoms. The van der Waals surface area contributed by atoms with Crippen LogP contribution >= 0.6 is 0 Å². The lowest BCUT2D eigenvalue weighted by Gasteiger charge is -2.02. The normalized spacial score (nSPS) is 10.6. The molecule has 0 aliphatic heterocycles. The third kappa shape index (κ3) is 4.25. The molecule has 3 N–H and O–H groups in total.